The van der Waals surface area contributed by atoms with Crippen molar-refractivity contribution in [2.45, 2.75) is 24.2 Å². The monoisotopic (exact) mass is 376 g/mol. The number of carbonyl (C=O) groups is 1. The average molecular weight is 376 g/mol. The minimum absolute atomic E-state index is 0.0212. The maximum absolute atomic E-state index is 13.0. The Morgan fingerprint density at radius 3 is 2.73 bits per heavy atom. The Kier molecular flexibility index (Phi) is 5.90. The van der Waals surface area contributed by atoms with Gasteiger partial charge in [0.05, 0.1) is 10.8 Å². The molecule has 1 fully saturated rings. The second-order valence-electron chi connectivity index (χ2n) is 6.58. The molecular weight excluding hydrogens is 352 g/mol. The molecule has 2 N–H and O–H groups in total. The van der Waals surface area contributed by atoms with Crippen LogP contribution in [0, 0.1) is 5.92 Å². The third-order valence-electron chi connectivity index (χ3n) is 4.75. The van der Waals surface area contributed by atoms with Crippen LogP contribution in [0.3, 0.4) is 0 Å². The minimum Gasteiger partial charge on any atom is -0.396 e. The van der Waals surface area contributed by atoms with E-state index in [9.17, 15) is 13.2 Å². The number of amides is 1. The van der Waals surface area contributed by atoms with E-state index in [0.29, 0.717) is 32.4 Å². The van der Waals surface area contributed by atoms with Crippen molar-refractivity contribution in [1.29, 1.82) is 0 Å². The summed E-state index contributed by atoms with van der Waals surface area (Å²) in [6, 6.07) is 12.8. The molecule has 2 aromatic carbocycles. The summed E-state index contributed by atoms with van der Waals surface area (Å²) in [4.78, 5) is 12.5. The van der Waals surface area contributed by atoms with Crippen molar-refractivity contribution in [3.05, 3.63) is 42.5 Å². The number of carbonyl (C=O) groups excluding carboxylic acids is 1. The van der Waals surface area contributed by atoms with E-state index in [1.54, 1.807) is 12.1 Å². The molecule has 1 aliphatic rings. The van der Waals surface area contributed by atoms with Crippen LogP contribution < -0.4 is 5.32 Å². The van der Waals surface area contributed by atoms with Crippen LogP contribution in [0.5, 0.6) is 0 Å². The smallest absolute Gasteiger partial charge is 0.243 e. The van der Waals surface area contributed by atoms with Crippen molar-refractivity contribution in [2.75, 3.05) is 26.2 Å². The summed E-state index contributed by atoms with van der Waals surface area (Å²) in [5.74, 6) is -0.491. The predicted octanol–water partition coefficient (Wildman–Crippen LogP) is 1.74. The van der Waals surface area contributed by atoms with Crippen LogP contribution in [0.1, 0.15) is 19.3 Å². The van der Waals surface area contributed by atoms with Gasteiger partial charge in [0.25, 0.3) is 0 Å². The summed E-state index contributed by atoms with van der Waals surface area (Å²) >= 11 is 0. The highest BCUT2D eigenvalue weighted by molar-refractivity contribution is 7.89. The number of benzene rings is 2. The highest BCUT2D eigenvalue weighted by atomic mass is 32.2. The van der Waals surface area contributed by atoms with E-state index >= 15 is 0 Å². The van der Waals surface area contributed by atoms with Gasteiger partial charge in [-0.1, -0.05) is 30.3 Å². The number of rotatable bonds is 6. The lowest BCUT2D eigenvalue weighted by molar-refractivity contribution is -0.126. The Bertz CT molecular complexity index is 882. The molecule has 0 aliphatic carbocycles. The van der Waals surface area contributed by atoms with E-state index in [-0.39, 0.29) is 29.9 Å². The molecule has 0 aromatic heterocycles. The van der Waals surface area contributed by atoms with E-state index in [1.165, 1.54) is 4.31 Å². The third-order valence-corrected chi connectivity index (χ3v) is 6.61. The molecule has 3 rings (SSSR count). The van der Waals surface area contributed by atoms with Crippen molar-refractivity contribution in [2.24, 2.45) is 5.92 Å². The van der Waals surface area contributed by atoms with Gasteiger partial charge in [-0.3, -0.25) is 4.79 Å². The first kappa shape index (κ1) is 18.8. The Morgan fingerprint density at radius 2 is 1.96 bits per heavy atom. The first-order chi connectivity index (χ1) is 12.5. The van der Waals surface area contributed by atoms with Crippen LogP contribution in [0.15, 0.2) is 47.4 Å². The molecule has 0 unspecified atom stereocenters. The second-order valence-corrected chi connectivity index (χ2v) is 8.52. The Morgan fingerprint density at radius 1 is 1.19 bits per heavy atom. The van der Waals surface area contributed by atoms with Gasteiger partial charge in [0, 0.05) is 26.2 Å². The molecule has 1 saturated heterocycles. The number of sulfonamides is 1. The molecule has 1 amide bonds. The Balaban J connectivity index is 1.76. The van der Waals surface area contributed by atoms with Crippen molar-refractivity contribution >= 4 is 26.7 Å². The molecule has 0 radical (unpaired) electrons. The van der Waals surface area contributed by atoms with E-state index < -0.39 is 10.0 Å². The van der Waals surface area contributed by atoms with Crippen LogP contribution >= 0.6 is 0 Å². The SMILES string of the molecule is O=C(NCCCO)[C@@H]1CCCN(S(=O)(=O)c2ccc3ccccc3c2)C1. The number of aliphatic hydroxyl groups is 1. The predicted molar refractivity (Wildman–Crippen MR) is 100 cm³/mol. The summed E-state index contributed by atoms with van der Waals surface area (Å²) in [7, 11) is -3.63. The number of hydrogen-bond donors (Lipinski definition) is 2. The summed E-state index contributed by atoms with van der Waals surface area (Å²) in [6.45, 7) is 1.05. The van der Waals surface area contributed by atoms with E-state index in [2.05, 4.69) is 5.32 Å². The van der Waals surface area contributed by atoms with Gasteiger partial charge in [-0.15, -0.1) is 0 Å². The quantitative estimate of drug-likeness (QED) is 0.752. The first-order valence-electron chi connectivity index (χ1n) is 8.90. The molecule has 7 heteroatoms. The molecule has 1 atom stereocenters. The molecule has 0 bridgehead atoms. The lowest BCUT2D eigenvalue weighted by Gasteiger charge is -2.31. The van der Waals surface area contributed by atoms with Gasteiger partial charge in [0.1, 0.15) is 0 Å². The molecule has 0 spiro atoms. The van der Waals surface area contributed by atoms with Crippen LogP contribution in [-0.2, 0) is 14.8 Å². The maximum atomic E-state index is 13.0. The molecule has 2 aromatic rings. The number of piperidine rings is 1. The summed E-state index contributed by atoms with van der Waals surface area (Å²) in [6.07, 6.45) is 1.83. The molecule has 1 heterocycles. The third kappa shape index (κ3) is 4.06. The number of aliphatic hydroxyl groups excluding tert-OH is 1. The first-order valence-corrected chi connectivity index (χ1v) is 10.3. The van der Waals surface area contributed by atoms with Crippen molar-refractivity contribution in [3.63, 3.8) is 0 Å². The number of nitrogens with one attached hydrogen (secondary N) is 1. The average Bonchev–Trinajstić information content (AvgIpc) is 2.67. The number of fused-ring (bicyclic) bond motifs is 1. The van der Waals surface area contributed by atoms with Gasteiger partial charge in [0.15, 0.2) is 0 Å². The van der Waals surface area contributed by atoms with E-state index in [4.69, 9.17) is 5.11 Å². The van der Waals surface area contributed by atoms with Gasteiger partial charge >= 0.3 is 0 Å². The zero-order chi connectivity index (χ0) is 18.6. The fourth-order valence-corrected chi connectivity index (χ4v) is 4.85. The second kappa shape index (κ2) is 8.16. The summed E-state index contributed by atoms with van der Waals surface area (Å²) < 4.78 is 27.5. The molecular formula is C19H24N2O4S. The Hall–Kier alpha value is -1.96. The lowest BCUT2D eigenvalue weighted by atomic mass is 9.99. The lowest BCUT2D eigenvalue weighted by Crippen LogP contribution is -2.45. The van der Waals surface area contributed by atoms with Crippen molar-refractivity contribution in [3.8, 4) is 0 Å². The normalized spacial score (nSPS) is 18.7. The van der Waals surface area contributed by atoms with Crippen LogP contribution in [0.4, 0.5) is 0 Å². The molecule has 140 valence electrons. The topological polar surface area (TPSA) is 86.7 Å². The Labute approximate surface area is 153 Å². The van der Waals surface area contributed by atoms with E-state index in [0.717, 1.165) is 10.8 Å². The molecule has 1 aliphatic heterocycles. The van der Waals surface area contributed by atoms with Crippen LogP contribution in [-0.4, -0.2) is 50.0 Å². The van der Waals surface area contributed by atoms with Gasteiger partial charge in [0.2, 0.25) is 15.9 Å². The zero-order valence-corrected chi connectivity index (χ0v) is 15.4. The van der Waals surface area contributed by atoms with E-state index in [1.807, 2.05) is 30.3 Å². The zero-order valence-electron chi connectivity index (χ0n) is 14.6. The number of nitrogens with zero attached hydrogens (tertiary/aromatic N) is 1. The molecule has 26 heavy (non-hydrogen) atoms. The van der Waals surface area contributed by atoms with Gasteiger partial charge < -0.3 is 10.4 Å². The number of hydrogen-bond acceptors (Lipinski definition) is 4. The summed E-state index contributed by atoms with van der Waals surface area (Å²) in [5.41, 5.74) is 0. The highest BCUT2D eigenvalue weighted by Gasteiger charge is 2.33. The molecule has 0 saturated carbocycles. The van der Waals surface area contributed by atoms with Gasteiger partial charge in [-0.2, -0.15) is 4.31 Å². The fourth-order valence-electron chi connectivity index (χ4n) is 3.29. The maximum Gasteiger partial charge on any atom is 0.243 e. The highest BCUT2D eigenvalue weighted by Crippen LogP contribution is 2.26. The van der Waals surface area contributed by atoms with Crippen molar-refractivity contribution < 1.29 is 18.3 Å². The van der Waals surface area contributed by atoms with Crippen molar-refractivity contribution in [1.82, 2.24) is 9.62 Å². The minimum atomic E-state index is -3.63. The van der Waals surface area contributed by atoms with Crippen LogP contribution in [0.2, 0.25) is 0 Å². The van der Waals surface area contributed by atoms with Gasteiger partial charge in [-0.05, 0) is 42.2 Å². The van der Waals surface area contributed by atoms with Gasteiger partial charge in [-0.25, -0.2) is 8.42 Å². The summed E-state index contributed by atoms with van der Waals surface area (Å²) in [5, 5.41) is 13.4. The van der Waals surface area contributed by atoms with Crippen LogP contribution in [0.25, 0.3) is 10.8 Å². The molecule has 6 nitrogen and oxygen atoms in total. The fraction of sp³-hybridized carbons (Fsp3) is 0.421. The standard InChI is InChI=1S/C19H24N2O4S/c22-12-4-10-20-19(23)17-7-3-11-21(14-17)26(24,25)18-9-8-15-5-1-2-6-16(15)13-18/h1-2,5-6,8-9,13,17,22H,3-4,7,10-12,14H2,(H,20,23)/t17-/m1/s1. The largest absolute Gasteiger partial charge is 0.396 e.